The van der Waals surface area contributed by atoms with E-state index in [0.717, 1.165) is 24.6 Å². The van der Waals surface area contributed by atoms with E-state index in [4.69, 9.17) is 4.74 Å². The van der Waals surface area contributed by atoms with Crippen LogP contribution in [0.1, 0.15) is 25.7 Å². The molecule has 1 rings (SSSR count). The Hall–Kier alpha value is -0.900. The van der Waals surface area contributed by atoms with Crippen molar-refractivity contribution in [1.29, 1.82) is 0 Å². The largest absolute Gasteiger partial charge is 0.426 e. The number of hydrogen-bond acceptors (Lipinski definition) is 2. The monoisotopic (exact) mass is 288 g/mol. The van der Waals surface area contributed by atoms with Crippen molar-refractivity contribution in [3.8, 4) is 5.75 Å². The van der Waals surface area contributed by atoms with Crippen molar-refractivity contribution >= 4 is 21.9 Å². The van der Waals surface area contributed by atoms with Crippen molar-refractivity contribution in [2.24, 2.45) is 0 Å². The van der Waals surface area contributed by atoms with Gasteiger partial charge in [0, 0.05) is 17.8 Å². The molecule has 0 bridgehead atoms. The second-order valence-electron chi connectivity index (χ2n) is 3.43. The Bertz CT molecular complexity index is 342. The number of halogens is 2. The van der Waals surface area contributed by atoms with Gasteiger partial charge in [-0.3, -0.25) is 4.79 Å². The maximum atomic E-state index is 12.8. The Morgan fingerprint density at radius 1 is 1.31 bits per heavy atom. The van der Waals surface area contributed by atoms with E-state index in [1.807, 2.05) is 0 Å². The number of benzene rings is 1. The normalized spacial score (nSPS) is 10.1. The van der Waals surface area contributed by atoms with E-state index in [9.17, 15) is 9.18 Å². The van der Waals surface area contributed by atoms with Crippen LogP contribution in [0.3, 0.4) is 0 Å². The lowest BCUT2D eigenvalue weighted by atomic mass is 10.2. The zero-order valence-electron chi connectivity index (χ0n) is 8.92. The third-order valence-corrected chi connectivity index (χ3v) is 2.60. The molecule has 0 aliphatic rings. The highest BCUT2D eigenvalue weighted by Crippen LogP contribution is 2.13. The van der Waals surface area contributed by atoms with Gasteiger partial charge in [0.15, 0.2) is 0 Å². The number of unbranched alkanes of at least 4 members (excludes halogenated alkanes) is 2. The molecule has 0 aromatic heterocycles. The minimum Gasteiger partial charge on any atom is -0.426 e. The first-order chi connectivity index (χ1) is 7.72. The van der Waals surface area contributed by atoms with Crippen LogP contribution < -0.4 is 4.74 Å². The first kappa shape index (κ1) is 13.2. The molecule has 2 nitrogen and oxygen atoms in total. The van der Waals surface area contributed by atoms with Crippen LogP contribution in [0.25, 0.3) is 0 Å². The van der Waals surface area contributed by atoms with Crippen molar-refractivity contribution in [3.63, 3.8) is 0 Å². The second-order valence-corrected chi connectivity index (χ2v) is 4.22. The zero-order chi connectivity index (χ0) is 11.8. The lowest BCUT2D eigenvalue weighted by Gasteiger charge is -2.03. The summed E-state index contributed by atoms with van der Waals surface area (Å²) in [6, 6.07) is 5.60. The topological polar surface area (TPSA) is 26.3 Å². The zero-order valence-corrected chi connectivity index (χ0v) is 10.5. The molecule has 1 aromatic carbocycles. The quantitative estimate of drug-likeness (QED) is 0.345. The van der Waals surface area contributed by atoms with Crippen molar-refractivity contribution in [1.82, 2.24) is 0 Å². The van der Waals surface area contributed by atoms with Crippen LogP contribution in [0.5, 0.6) is 5.75 Å². The van der Waals surface area contributed by atoms with Gasteiger partial charge < -0.3 is 4.74 Å². The van der Waals surface area contributed by atoms with E-state index < -0.39 is 5.82 Å². The van der Waals surface area contributed by atoms with Gasteiger partial charge in [0.25, 0.3) is 0 Å². The second kappa shape index (κ2) is 7.39. The van der Waals surface area contributed by atoms with Crippen LogP contribution in [0, 0.1) is 5.82 Å². The van der Waals surface area contributed by atoms with Crippen LogP contribution in [0.4, 0.5) is 4.39 Å². The summed E-state index contributed by atoms with van der Waals surface area (Å²) in [4.78, 5) is 11.3. The first-order valence-electron chi connectivity index (χ1n) is 5.24. The molecule has 4 heteroatoms. The molecular formula is C12H14BrFO2. The average Bonchev–Trinajstić information content (AvgIpc) is 2.24. The summed E-state index contributed by atoms with van der Waals surface area (Å²) < 4.78 is 17.8. The molecule has 0 unspecified atom stereocenters. The summed E-state index contributed by atoms with van der Waals surface area (Å²) in [5.41, 5.74) is 0. The molecule has 0 aliphatic carbocycles. The molecule has 16 heavy (non-hydrogen) atoms. The van der Waals surface area contributed by atoms with Gasteiger partial charge in [0.1, 0.15) is 11.6 Å². The number of ether oxygens (including phenoxy) is 1. The molecule has 1 aromatic rings. The number of alkyl halides is 1. The van der Waals surface area contributed by atoms with Gasteiger partial charge in [0.05, 0.1) is 0 Å². The minimum absolute atomic E-state index is 0.269. The molecule has 0 saturated heterocycles. The van der Waals surface area contributed by atoms with Crippen LogP contribution in [0.15, 0.2) is 24.3 Å². The van der Waals surface area contributed by atoms with Gasteiger partial charge in [-0.1, -0.05) is 28.4 Å². The highest BCUT2D eigenvalue weighted by atomic mass is 79.9. The van der Waals surface area contributed by atoms with E-state index in [1.165, 1.54) is 18.2 Å². The lowest BCUT2D eigenvalue weighted by molar-refractivity contribution is -0.134. The van der Waals surface area contributed by atoms with Crippen molar-refractivity contribution < 1.29 is 13.9 Å². The summed E-state index contributed by atoms with van der Waals surface area (Å²) in [5, 5.41) is 0.950. The van der Waals surface area contributed by atoms with Crippen molar-refractivity contribution in [2.45, 2.75) is 25.7 Å². The Kier molecular flexibility index (Phi) is 6.08. The van der Waals surface area contributed by atoms with Crippen LogP contribution in [0.2, 0.25) is 0 Å². The summed E-state index contributed by atoms with van der Waals surface area (Å²) in [6.45, 7) is 0. The first-order valence-corrected chi connectivity index (χ1v) is 6.37. The molecule has 88 valence electrons. The molecular weight excluding hydrogens is 275 g/mol. The Morgan fingerprint density at radius 3 is 2.81 bits per heavy atom. The Labute approximate surface area is 103 Å². The molecule has 0 saturated carbocycles. The summed E-state index contributed by atoms with van der Waals surface area (Å²) in [7, 11) is 0. The fourth-order valence-electron chi connectivity index (χ4n) is 1.25. The van der Waals surface area contributed by atoms with Gasteiger partial charge in [-0.05, 0) is 25.0 Å². The van der Waals surface area contributed by atoms with Crippen LogP contribution >= 0.6 is 15.9 Å². The molecule has 0 fully saturated rings. The number of carbonyl (C=O) groups excluding carboxylic acids is 1. The Balaban J connectivity index is 2.29. The highest BCUT2D eigenvalue weighted by Gasteiger charge is 2.04. The van der Waals surface area contributed by atoms with E-state index in [2.05, 4.69) is 15.9 Å². The third-order valence-electron chi connectivity index (χ3n) is 2.04. The van der Waals surface area contributed by atoms with E-state index in [1.54, 1.807) is 6.07 Å². The van der Waals surface area contributed by atoms with E-state index in [-0.39, 0.29) is 11.7 Å². The number of esters is 1. The molecule has 0 spiro atoms. The lowest BCUT2D eigenvalue weighted by Crippen LogP contribution is -2.07. The predicted octanol–water partition coefficient (Wildman–Crippen LogP) is 3.69. The number of rotatable bonds is 6. The van der Waals surface area contributed by atoms with Crippen LogP contribution in [-0.4, -0.2) is 11.3 Å². The SMILES string of the molecule is O=C(CCCCCBr)Oc1cccc(F)c1. The Morgan fingerprint density at radius 2 is 2.12 bits per heavy atom. The highest BCUT2D eigenvalue weighted by molar-refractivity contribution is 9.09. The molecule has 0 amide bonds. The predicted molar refractivity (Wildman–Crippen MR) is 64.3 cm³/mol. The molecule has 0 N–H and O–H groups in total. The summed E-state index contributed by atoms with van der Waals surface area (Å²) in [5.74, 6) is -0.435. The number of carbonyl (C=O) groups is 1. The van der Waals surface area contributed by atoms with Crippen molar-refractivity contribution in [3.05, 3.63) is 30.1 Å². The van der Waals surface area contributed by atoms with Gasteiger partial charge in [-0.25, -0.2) is 4.39 Å². The summed E-state index contributed by atoms with van der Waals surface area (Å²) >= 11 is 3.32. The van der Waals surface area contributed by atoms with Crippen molar-refractivity contribution in [2.75, 3.05) is 5.33 Å². The van der Waals surface area contributed by atoms with Crippen LogP contribution in [-0.2, 0) is 4.79 Å². The van der Waals surface area contributed by atoms with Gasteiger partial charge in [0.2, 0.25) is 0 Å². The molecule has 0 aliphatic heterocycles. The third kappa shape index (κ3) is 5.26. The standard InChI is InChI=1S/C12H14BrFO2/c13-8-3-1-2-7-12(15)16-11-6-4-5-10(14)9-11/h4-6,9H,1-3,7-8H2. The fraction of sp³-hybridized carbons (Fsp3) is 0.417. The van der Waals surface area contributed by atoms with Gasteiger partial charge >= 0.3 is 5.97 Å². The summed E-state index contributed by atoms with van der Waals surface area (Å²) in [6.07, 6.45) is 3.22. The molecule has 0 heterocycles. The van der Waals surface area contributed by atoms with Gasteiger partial charge in [-0.2, -0.15) is 0 Å². The maximum Gasteiger partial charge on any atom is 0.311 e. The van der Waals surface area contributed by atoms with E-state index >= 15 is 0 Å². The smallest absolute Gasteiger partial charge is 0.311 e. The minimum atomic E-state index is -0.399. The maximum absolute atomic E-state index is 12.8. The fourth-order valence-corrected chi connectivity index (χ4v) is 1.65. The molecule has 0 atom stereocenters. The van der Waals surface area contributed by atoms with Gasteiger partial charge in [-0.15, -0.1) is 0 Å². The molecule has 0 radical (unpaired) electrons. The average molecular weight is 289 g/mol. The number of hydrogen-bond donors (Lipinski definition) is 0. The van der Waals surface area contributed by atoms with E-state index in [0.29, 0.717) is 6.42 Å².